The molecule has 20 heavy (non-hydrogen) atoms. The molecule has 0 radical (unpaired) electrons. The average Bonchev–Trinajstić information content (AvgIpc) is 2.95. The highest BCUT2D eigenvalue weighted by molar-refractivity contribution is 5.94. The minimum absolute atomic E-state index is 0.00933. The van der Waals surface area contributed by atoms with E-state index in [1.165, 1.54) is 11.1 Å². The first-order valence-electron chi connectivity index (χ1n) is 6.92. The molecule has 0 aromatic heterocycles. The van der Waals surface area contributed by atoms with Gasteiger partial charge in [0.15, 0.2) is 0 Å². The van der Waals surface area contributed by atoms with Gasteiger partial charge in [0, 0.05) is 18.7 Å². The quantitative estimate of drug-likeness (QED) is 0.897. The van der Waals surface area contributed by atoms with Crippen molar-refractivity contribution in [3.8, 4) is 0 Å². The van der Waals surface area contributed by atoms with Gasteiger partial charge in [0.1, 0.15) is 0 Å². The third-order valence-corrected chi connectivity index (χ3v) is 3.75. The lowest BCUT2D eigenvalue weighted by Gasteiger charge is -2.14. The van der Waals surface area contributed by atoms with Crippen LogP contribution in [-0.2, 0) is 13.1 Å². The number of carbonyl (C=O) groups is 1. The van der Waals surface area contributed by atoms with Gasteiger partial charge in [-0.1, -0.05) is 36.4 Å². The number of hydrogen-bond donors (Lipinski definition) is 2. The minimum atomic E-state index is -0.0175. The Kier molecular flexibility index (Phi) is 3.52. The third kappa shape index (κ3) is 2.58. The van der Waals surface area contributed by atoms with Crippen LogP contribution in [0, 0.1) is 0 Å². The van der Waals surface area contributed by atoms with Crippen molar-refractivity contribution in [3.05, 3.63) is 70.8 Å². The smallest absolute Gasteiger partial charge is 0.251 e. The SMILES string of the molecule is CC(NC(=O)c1ccc2c(c1)CNC2)c1ccccc1. The van der Waals surface area contributed by atoms with Crippen LogP contribution < -0.4 is 10.6 Å². The van der Waals surface area contributed by atoms with Crippen LogP contribution in [0.3, 0.4) is 0 Å². The third-order valence-electron chi connectivity index (χ3n) is 3.75. The molecule has 1 atom stereocenters. The van der Waals surface area contributed by atoms with E-state index in [1.54, 1.807) is 0 Å². The molecule has 1 heterocycles. The van der Waals surface area contributed by atoms with Gasteiger partial charge in [-0.05, 0) is 35.7 Å². The van der Waals surface area contributed by atoms with Gasteiger partial charge in [0.2, 0.25) is 0 Å². The van der Waals surface area contributed by atoms with E-state index >= 15 is 0 Å². The van der Waals surface area contributed by atoms with Crippen LogP contribution in [0.5, 0.6) is 0 Å². The second-order valence-electron chi connectivity index (χ2n) is 5.19. The maximum absolute atomic E-state index is 12.3. The molecule has 2 aromatic carbocycles. The molecule has 2 aromatic rings. The lowest BCUT2D eigenvalue weighted by atomic mass is 10.0. The van der Waals surface area contributed by atoms with E-state index in [1.807, 2.05) is 55.5 Å². The van der Waals surface area contributed by atoms with Crippen molar-refractivity contribution in [1.82, 2.24) is 10.6 Å². The maximum atomic E-state index is 12.3. The highest BCUT2D eigenvalue weighted by Crippen LogP contribution is 2.18. The molecule has 0 fully saturated rings. The zero-order valence-electron chi connectivity index (χ0n) is 11.5. The largest absolute Gasteiger partial charge is 0.346 e. The van der Waals surface area contributed by atoms with E-state index in [9.17, 15) is 4.79 Å². The van der Waals surface area contributed by atoms with Gasteiger partial charge in [-0.3, -0.25) is 4.79 Å². The van der Waals surface area contributed by atoms with Crippen LogP contribution in [0.1, 0.15) is 40.0 Å². The number of fused-ring (bicyclic) bond motifs is 1. The minimum Gasteiger partial charge on any atom is -0.346 e. The van der Waals surface area contributed by atoms with E-state index in [4.69, 9.17) is 0 Å². The molecule has 0 saturated heterocycles. The highest BCUT2D eigenvalue weighted by Gasteiger charge is 2.15. The molecule has 1 aliphatic heterocycles. The summed E-state index contributed by atoms with van der Waals surface area (Å²) in [5.74, 6) is -0.0175. The molecule has 102 valence electrons. The first-order chi connectivity index (χ1) is 9.74. The summed E-state index contributed by atoms with van der Waals surface area (Å²) in [6.45, 7) is 3.75. The molecular formula is C17H18N2O. The lowest BCUT2D eigenvalue weighted by molar-refractivity contribution is 0.0940. The molecule has 1 amide bonds. The summed E-state index contributed by atoms with van der Waals surface area (Å²) in [6, 6.07) is 15.9. The van der Waals surface area contributed by atoms with E-state index < -0.39 is 0 Å². The number of hydrogen-bond acceptors (Lipinski definition) is 2. The summed E-state index contributed by atoms with van der Waals surface area (Å²) in [7, 11) is 0. The molecule has 2 N–H and O–H groups in total. The van der Waals surface area contributed by atoms with Crippen molar-refractivity contribution in [2.75, 3.05) is 0 Å². The Morgan fingerprint density at radius 2 is 1.85 bits per heavy atom. The topological polar surface area (TPSA) is 41.1 Å². The van der Waals surface area contributed by atoms with Gasteiger partial charge >= 0.3 is 0 Å². The summed E-state index contributed by atoms with van der Waals surface area (Å²) in [4.78, 5) is 12.3. The first-order valence-corrected chi connectivity index (χ1v) is 6.92. The molecule has 0 saturated carbocycles. The van der Waals surface area contributed by atoms with E-state index in [0.29, 0.717) is 0 Å². The van der Waals surface area contributed by atoms with Gasteiger partial charge in [-0.25, -0.2) is 0 Å². The van der Waals surface area contributed by atoms with Crippen molar-refractivity contribution < 1.29 is 4.79 Å². The Morgan fingerprint density at radius 3 is 2.65 bits per heavy atom. The Labute approximate surface area is 119 Å². The molecule has 1 unspecified atom stereocenters. The zero-order chi connectivity index (χ0) is 13.9. The second-order valence-corrected chi connectivity index (χ2v) is 5.19. The van der Waals surface area contributed by atoms with Crippen molar-refractivity contribution >= 4 is 5.91 Å². The van der Waals surface area contributed by atoms with E-state index in [-0.39, 0.29) is 11.9 Å². The Bertz CT molecular complexity index is 622. The van der Waals surface area contributed by atoms with Crippen molar-refractivity contribution in [1.29, 1.82) is 0 Å². The highest BCUT2D eigenvalue weighted by atomic mass is 16.1. The lowest BCUT2D eigenvalue weighted by Crippen LogP contribution is -2.26. The Morgan fingerprint density at radius 1 is 1.10 bits per heavy atom. The monoisotopic (exact) mass is 266 g/mol. The van der Waals surface area contributed by atoms with Crippen LogP contribution in [0.4, 0.5) is 0 Å². The van der Waals surface area contributed by atoms with Gasteiger partial charge in [-0.15, -0.1) is 0 Å². The summed E-state index contributed by atoms with van der Waals surface area (Å²) >= 11 is 0. The second kappa shape index (κ2) is 5.47. The number of carbonyl (C=O) groups excluding carboxylic acids is 1. The predicted molar refractivity (Wildman–Crippen MR) is 79.3 cm³/mol. The average molecular weight is 266 g/mol. The normalized spacial score (nSPS) is 14.7. The van der Waals surface area contributed by atoms with Crippen LogP contribution >= 0.6 is 0 Å². The molecule has 0 aliphatic carbocycles. The van der Waals surface area contributed by atoms with Crippen molar-refractivity contribution in [2.45, 2.75) is 26.1 Å². The summed E-state index contributed by atoms with van der Waals surface area (Å²) in [5, 5.41) is 6.33. The van der Waals surface area contributed by atoms with Gasteiger partial charge in [0.25, 0.3) is 5.91 Å². The predicted octanol–water partition coefficient (Wildman–Crippen LogP) is 2.78. The van der Waals surface area contributed by atoms with Crippen LogP contribution in [0.15, 0.2) is 48.5 Å². The molecular weight excluding hydrogens is 248 g/mol. The first kappa shape index (κ1) is 12.9. The Balaban J connectivity index is 1.73. The number of amides is 1. The van der Waals surface area contributed by atoms with E-state index in [0.717, 1.165) is 24.2 Å². The molecule has 3 heteroatoms. The summed E-state index contributed by atoms with van der Waals surface area (Å²) in [5.41, 5.74) is 4.36. The molecule has 0 spiro atoms. The fraction of sp³-hybridized carbons (Fsp3) is 0.235. The number of rotatable bonds is 3. The molecule has 3 rings (SSSR count). The fourth-order valence-corrected chi connectivity index (χ4v) is 2.54. The van der Waals surface area contributed by atoms with Crippen LogP contribution in [-0.4, -0.2) is 5.91 Å². The van der Waals surface area contributed by atoms with E-state index in [2.05, 4.69) is 10.6 Å². The van der Waals surface area contributed by atoms with Crippen molar-refractivity contribution in [3.63, 3.8) is 0 Å². The molecule has 1 aliphatic rings. The van der Waals surface area contributed by atoms with Gasteiger partial charge < -0.3 is 10.6 Å². The standard InChI is InChI=1S/C17H18N2O/c1-12(13-5-3-2-4-6-13)19-17(20)14-7-8-15-10-18-11-16(15)9-14/h2-9,12,18H,10-11H2,1H3,(H,19,20). The summed E-state index contributed by atoms with van der Waals surface area (Å²) in [6.07, 6.45) is 0. The molecule has 0 bridgehead atoms. The summed E-state index contributed by atoms with van der Waals surface area (Å²) < 4.78 is 0. The molecule has 3 nitrogen and oxygen atoms in total. The fourth-order valence-electron chi connectivity index (χ4n) is 2.54. The van der Waals surface area contributed by atoms with Crippen LogP contribution in [0.25, 0.3) is 0 Å². The number of nitrogens with one attached hydrogen (secondary N) is 2. The van der Waals surface area contributed by atoms with Gasteiger partial charge in [0.05, 0.1) is 6.04 Å². The maximum Gasteiger partial charge on any atom is 0.251 e. The number of benzene rings is 2. The van der Waals surface area contributed by atoms with Crippen molar-refractivity contribution in [2.24, 2.45) is 0 Å². The van der Waals surface area contributed by atoms with Crippen LogP contribution in [0.2, 0.25) is 0 Å². The Hall–Kier alpha value is -2.13. The zero-order valence-corrected chi connectivity index (χ0v) is 11.5. The van der Waals surface area contributed by atoms with Gasteiger partial charge in [-0.2, -0.15) is 0 Å².